The lowest BCUT2D eigenvalue weighted by Crippen LogP contribution is -2.77. The summed E-state index contributed by atoms with van der Waals surface area (Å²) in [5, 5.41) is 8.57. The summed E-state index contributed by atoms with van der Waals surface area (Å²) in [6.45, 7) is 0.405. The molecule has 0 radical (unpaired) electrons. The minimum atomic E-state index is 0.181. The minimum absolute atomic E-state index is 0.181. The maximum absolute atomic E-state index is 7.18. The van der Waals surface area contributed by atoms with Crippen LogP contribution in [0, 0.1) is 29.6 Å². The zero-order chi connectivity index (χ0) is 27.1. The van der Waals surface area contributed by atoms with E-state index in [2.05, 4.69) is 50.8 Å². The normalized spacial score (nSPS) is 49.3. The standard InChI is InChI=1S/C35H46BN5O/c1-2-8-22(9-3-1)36-24-18-17-19-7-6-11-25-27(19)31(24)41(30-23-10-4-5-12-26(23)42-32(30)36)35-39-33-34(40(25)35)38-29-21-15-13-20(14-16-21)28(29)37-33/h1-3,8-9,19-21,23-29,31,33-34,37-38H,4-7,10-18H2. The molecule has 5 heterocycles. The highest BCUT2D eigenvalue weighted by atomic mass is 16.5. The number of nitrogens with one attached hydrogen (secondary N) is 2. The maximum atomic E-state index is 7.18. The van der Waals surface area contributed by atoms with E-state index >= 15 is 0 Å². The van der Waals surface area contributed by atoms with Crippen molar-refractivity contribution >= 4 is 18.1 Å². The predicted molar refractivity (Wildman–Crippen MR) is 165 cm³/mol. The van der Waals surface area contributed by atoms with Crippen LogP contribution in [0.3, 0.4) is 0 Å². The molecule has 11 unspecified atom stereocenters. The third-order valence-electron chi connectivity index (χ3n) is 14.4. The van der Waals surface area contributed by atoms with E-state index in [1.165, 1.54) is 101 Å². The first-order chi connectivity index (χ1) is 20.8. The summed E-state index contributed by atoms with van der Waals surface area (Å²) in [6, 6.07) is 13.9. The molecule has 11 aliphatic rings. The van der Waals surface area contributed by atoms with Gasteiger partial charge in [0.2, 0.25) is 5.96 Å². The van der Waals surface area contributed by atoms with Crippen LogP contribution in [0.5, 0.6) is 0 Å². The molecule has 1 aromatic rings. The Labute approximate surface area is 251 Å². The van der Waals surface area contributed by atoms with Gasteiger partial charge < -0.3 is 14.5 Å². The summed E-state index contributed by atoms with van der Waals surface area (Å²) < 4.78 is 7.18. The second-order valence-electron chi connectivity index (χ2n) is 15.9. The fraction of sp³-hybridized carbons (Fsp3) is 0.743. The van der Waals surface area contributed by atoms with E-state index in [0.717, 1.165) is 23.7 Å². The van der Waals surface area contributed by atoms with Crippen LogP contribution < -0.4 is 16.1 Å². The molecule has 6 aliphatic carbocycles. The highest BCUT2D eigenvalue weighted by Crippen LogP contribution is 2.60. The van der Waals surface area contributed by atoms with Crippen molar-refractivity contribution < 1.29 is 4.74 Å². The molecule has 0 aromatic heterocycles. The largest absolute Gasteiger partial charge is 0.502 e. The van der Waals surface area contributed by atoms with E-state index in [4.69, 9.17) is 9.73 Å². The van der Waals surface area contributed by atoms with Crippen LogP contribution in [0.2, 0.25) is 5.82 Å². The molecule has 8 fully saturated rings. The van der Waals surface area contributed by atoms with Crippen molar-refractivity contribution in [2.75, 3.05) is 0 Å². The quantitative estimate of drug-likeness (QED) is 0.495. The third-order valence-corrected chi connectivity index (χ3v) is 14.4. The van der Waals surface area contributed by atoms with Gasteiger partial charge in [-0.25, -0.2) is 4.99 Å². The summed E-state index contributed by atoms with van der Waals surface area (Å²) in [6.07, 6.45) is 18.6. The molecule has 7 heteroatoms. The minimum Gasteiger partial charge on any atom is -0.502 e. The average Bonchev–Trinajstić information content (AvgIpc) is 3.62. The summed E-state index contributed by atoms with van der Waals surface area (Å²) in [5.41, 5.74) is 4.41. The van der Waals surface area contributed by atoms with Crippen molar-refractivity contribution in [1.82, 2.24) is 20.4 Å². The molecular weight excluding hydrogens is 517 g/mol. The molecular formula is C35H46BN5O. The van der Waals surface area contributed by atoms with Crippen molar-refractivity contribution in [3.05, 3.63) is 41.7 Å². The first-order valence-electron chi connectivity index (χ1n) is 18.0. The first-order valence-corrected chi connectivity index (χ1v) is 18.0. The summed E-state index contributed by atoms with van der Waals surface area (Å²) in [7, 11) is 0. The lowest BCUT2D eigenvalue weighted by atomic mass is 9.30. The van der Waals surface area contributed by atoms with Crippen LogP contribution in [0.4, 0.5) is 0 Å². The number of hydrogen-bond acceptors (Lipinski definition) is 6. The van der Waals surface area contributed by atoms with Crippen molar-refractivity contribution in [3.63, 3.8) is 0 Å². The topological polar surface area (TPSA) is 52.1 Å². The van der Waals surface area contributed by atoms with E-state index in [-0.39, 0.29) is 6.17 Å². The number of benzene rings is 1. The SMILES string of the molecule is c1ccc(B2C3=C(C4CCCCC4O3)N3C4=NC5NC6C7CCC(CC7)C6NC5N4C4CCCC5CCC2C3C54)cc1. The van der Waals surface area contributed by atoms with Crippen molar-refractivity contribution in [3.8, 4) is 0 Å². The van der Waals surface area contributed by atoms with Crippen molar-refractivity contribution in [2.24, 2.45) is 34.6 Å². The number of ether oxygens (including phenoxy) is 1. The number of nitrogens with zero attached hydrogens (tertiary/aromatic N) is 3. The van der Waals surface area contributed by atoms with Gasteiger partial charge in [0.05, 0.1) is 11.4 Å². The number of rotatable bonds is 1. The molecule has 12 rings (SSSR count). The van der Waals surface area contributed by atoms with Gasteiger partial charge in [-0.2, -0.15) is 0 Å². The Morgan fingerprint density at radius 3 is 2.43 bits per heavy atom. The Bertz CT molecular complexity index is 1340. The van der Waals surface area contributed by atoms with Crippen LogP contribution in [0.15, 0.2) is 46.7 Å². The summed E-state index contributed by atoms with van der Waals surface area (Å²) >= 11 is 0. The second-order valence-corrected chi connectivity index (χ2v) is 15.9. The molecule has 220 valence electrons. The van der Waals surface area contributed by atoms with Crippen LogP contribution in [0.25, 0.3) is 0 Å². The molecule has 42 heavy (non-hydrogen) atoms. The molecule has 1 aromatic carbocycles. The average molecular weight is 564 g/mol. The van der Waals surface area contributed by atoms with Gasteiger partial charge in [-0.15, -0.1) is 0 Å². The van der Waals surface area contributed by atoms with Gasteiger partial charge in [0.25, 0.3) is 6.71 Å². The van der Waals surface area contributed by atoms with Crippen molar-refractivity contribution in [1.29, 1.82) is 0 Å². The number of hydrogen-bond donors (Lipinski definition) is 2. The predicted octanol–water partition coefficient (Wildman–Crippen LogP) is 4.45. The number of guanidine groups is 1. The number of fused-ring (bicyclic) bond motifs is 10. The monoisotopic (exact) mass is 563 g/mol. The molecule has 2 N–H and O–H groups in total. The van der Waals surface area contributed by atoms with Crippen molar-refractivity contribution in [2.45, 2.75) is 132 Å². The Morgan fingerprint density at radius 2 is 1.57 bits per heavy atom. The molecule has 11 atom stereocenters. The van der Waals surface area contributed by atoms with Gasteiger partial charge in [0, 0.05) is 36.0 Å². The molecule has 2 bridgehead atoms. The molecule has 6 nitrogen and oxygen atoms in total. The van der Waals surface area contributed by atoms with E-state index in [1.807, 2.05) is 0 Å². The van der Waals surface area contributed by atoms with Gasteiger partial charge in [-0.3, -0.25) is 10.6 Å². The zero-order valence-corrected chi connectivity index (χ0v) is 24.9. The second kappa shape index (κ2) is 8.81. The smallest absolute Gasteiger partial charge is 0.262 e. The highest BCUT2D eigenvalue weighted by molar-refractivity contribution is 6.81. The summed E-state index contributed by atoms with van der Waals surface area (Å²) in [4.78, 5) is 11.5. The van der Waals surface area contributed by atoms with E-state index in [0.29, 0.717) is 54.9 Å². The fourth-order valence-electron chi connectivity index (χ4n) is 12.9. The maximum Gasteiger partial charge on any atom is 0.262 e. The highest BCUT2D eigenvalue weighted by Gasteiger charge is 2.66. The Morgan fingerprint density at radius 1 is 0.786 bits per heavy atom. The zero-order valence-electron chi connectivity index (χ0n) is 24.9. The van der Waals surface area contributed by atoms with Gasteiger partial charge in [0.15, 0.2) is 0 Å². The molecule has 2 saturated heterocycles. The Hall–Kier alpha value is -1.99. The lowest BCUT2D eigenvalue weighted by Gasteiger charge is -2.64. The van der Waals surface area contributed by atoms with Gasteiger partial charge >= 0.3 is 0 Å². The molecule has 0 amide bonds. The number of aliphatic imine (C=N–C) groups is 1. The van der Waals surface area contributed by atoms with Crippen LogP contribution >= 0.6 is 0 Å². The first kappa shape index (κ1) is 24.3. The Kier molecular flexibility index (Phi) is 5.11. The van der Waals surface area contributed by atoms with Gasteiger partial charge in [-0.05, 0) is 81.4 Å². The van der Waals surface area contributed by atoms with Gasteiger partial charge in [-0.1, -0.05) is 61.5 Å². The van der Waals surface area contributed by atoms with Crippen LogP contribution in [-0.4, -0.2) is 65.1 Å². The molecule has 5 aliphatic heterocycles. The lowest BCUT2D eigenvalue weighted by molar-refractivity contribution is -0.0512. The Balaban J connectivity index is 1.08. The third kappa shape index (κ3) is 3.08. The molecule has 6 saturated carbocycles. The fourth-order valence-corrected chi connectivity index (χ4v) is 12.9. The van der Waals surface area contributed by atoms with Gasteiger partial charge in [0.1, 0.15) is 18.4 Å². The van der Waals surface area contributed by atoms with Crippen LogP contribution in [0.1, 0.15) is 83.5 Å². The number of piperazine rings is 1. The molecule has 0 spiro atoms. The van der Waals surface area contributed by atoms with E-state index in [9.17, 15) is 0 Å². The van der Waals surface area contributed by atoms with E-state index in [1.54, 1.807) is 5.70 Å². The van der Waals surface area contributed by atoms with E-state index < -0.39 is 0 Å². The van der Waals surface area contributed by atoms with Crippen LogP contribution in [-0.2, 0) is 4.74 Å². The summed E-state index contributed by atoms with van der Waals surface area (Å²) in [5.74, 6) is 5.73.